The molecular formula is C27H38ClN3O5S. The molecule has 0 radical (unpaired) electrons. The fraction of sp³-hybridized carbons (Fsp3) is 0.481. The van der Waals surface area contributed by atoms with E-state index in [1.165, 1.54) is 9.21 Å². The topological polar surface area (TPSA) is 96.0 Å². The van der Waals surface area contributed by atoms with Gasteiger partial charge in [-0.1, -0.05) is 49.2 Å². The molecule has 1 N–H and O–H groups in total. The van der Waals surface area contributed by atoms with Crippen LogP contribution in [-0.4, -0.2) is 57.1 Å². The van der Waals surface area contributed by atoms with Crippen molar-refractivity contribution in [1.82, 2.24) is 10.2 Å². The minimum Gasteiger partial charge on any atom is -0.492 e. The predicted octanol–water partition coefficient (Wildman–Crippen LogP) is 4.62. The van der Waals surface area contributed by atoms with Crippen LogP contribution in [0.2, 0.25) is 5.02 Å². The first kappa shape index (κ1) is 30.4. The Hall–Kier alpha value is -2.78. The van der Waals surface area contributed by atoms with E-state index in [9.17, 15) is 18.0 Å². The van der Waals surface area contributed by atoms with E-state index >= 15 is 0 Å². The van der Waals surface area contributed by atoms with Gasteiger partial charge in [-0.2, -0.15) is 0 Å². The monoisotopic (exact) mass is 551 g/mol. The molecule has 1 unspecified atom stereocenters. The van der Waals surface area contributed by atoms with Crippen molar-refractivity contribution in [2.24, 2.45) is 0 Å². The van der Waals surface area contributed by atoms with Crippen molar-refractivity contribution in [2.45, 2.75) is 59.0 Å². The third kappa shape index (κ3) is 9.55. The largest absolute Gasteiger partial charge is 0.492 e. The van der Waals surface area contributed by atoms with Crippen LogP contribution >= 0.6 is 11.6 Å². The molecule has 10 heteroatoms. The number of unbranched alkanes of at least 4 members (excludes halogenated alkanes) is 1. The third-order valence-electron chi connectivity index (χ3n) is 5.82. The van der Waals surface area contributed by atoms with Crippen LogP contribution in [0.5, 0.6) is 5.75 Å². The SMILES string of the molecule is CCCCNC(=O)C(C)N(Cc1cccc(Cl)c1)C(=O)CCCN(c1ccccc1OCC)S(C)(=O)=O. The molecule has 0 aromatic heterocycles. The summed E-state index contributed by atoms with van der Waals surface area (Å²) < 4.78 is 32.1. The molecule has 0 aliphatic rings. The Kier molecular flexibility index (Phi) is 12.2. The Balaban J connectivity index is 2.18. The Morgan fingerprint density at radius 1 is 1.08 bits per heavy atom. The van der Waals surface area contributed by atoms with Gasteiger partial charge in [-0.05, 0) is 56.5 Å². The van der Waals surface area contributed by atoms with Crippen LogP contribution in [0.25, 0.3) is 0 Å². The normalized spacial score (nSPS) is 12.0. The van der Waals surface area contributed by atoms with E-state index in [2.05, 4.69) is 5.32 Å². The zero-order valence-electron chi connectivity index (χ0n) is 22.1. The molecular weight excluding hydrogens is 514 g/mol. The molecule has 0 spiro atoms. The zero-order chi connectivity index (χ0) is 27.4. The number of benzene rings is 2. The van der Waals surface area contributed by atoms with E-state index < -0.39 is 16.1 Å². The second-order valence-electron chi connectivity index (χ2n) is 8.81. The molecule has 0 aliphatic carbocycles. The van der Waals surface area contributed by atoms with E-state index in [-0.39, 0.29) is 37.7 Å². The van der Waals surface area contributed by atoms with Crippen molar-refractivity contribution < 1.29 is 22.7 Å². The van der Waals surface area contributed by atoms with Gasteiger partial charge in [0.1, 0.15) is 11.8 Å². The van der Waals surface area contributed by atoms with Gasteiger partial charge in [0.15, 0.2) is 0 Å². The summed E-state index contributed by atoms with van der Waals surface area (Å²) in [5.41, 5.74) is 1.23. The molecule has 37 heavy (non-hydrogen) atoms. The highest BCUT2D eigenvalue weighted by atomic mass is 35.5. The highest BCUT2D eigenvalue weighted by Crippen LogP contribution is 2.30. The standard InChI is InChI=1S/C27H38ClN3O5S/c1-5-7-17-29-27(33)21(3)30(20-22-12-10-13-23(28)19-22)26(32)16-11-18-31(37(4,34)35)24-14-8-9-15-25(24)36-6-2/h8-10,12-15,19,21H,5-7,11,16-18,20H2,1-4H3,(H,29,33). The summed E-state index contributed by atoms with van der Waals surface area (Å²) in [6.45, 7) is 6.81. The maximum absolute atomic E-state index is 13.4. The average Bonchev–Trinajstić information content (AvgIpc) is 2.85. The van der Waals surface area contributed by atoms with Crippen LogP contribution in [-0.2, 0) is 26.2 Å². The van der Waals surface area contributed by atoms with Crippen LogP contribution in [0, 0.1) is 0 Å². The minimum absolute atomic E-state index is 0.0654. The lowest BCUT2D eigenvalue weighted by molar-refractivity contribution is -0.140. The lowest BCUT2D eigenvalue weighted by Crippen LogP contribution is -2.48. The van der Waals surface area contributed by atoms with Crippen LogP contribution in [0.1, 0.15) is 52.0 Å². The van der Waals surface area contributed by atoms with Crippen molar-refractivity contribution in [1.29, 1.82) is 0 Å². The highest BCUT2D eigenvalue weighted by molar-refractivity contribution is 7.92. The van der Waals surface area contributed by atoms with E-state index in [1.54, 1.807) is 49.4 Å². The third-order valence-corrected chi connectivity index (χ3v) is 7.24. The maximum Gasteiger partial charge on any atom is 0.242 e. The summed E-state index contributed by atoms with van der Waals surface area (Å²) >= 11 is 6.13. The van der Waals surface area contributed by atoms with Gasteiger partial charge in [0, 0.05) is 31.1 Å². The number of rotatable bonds is 15. The van der Waals surface area contributed by atoms with Crippen LogP contribution in [0.4, 0.5) is 5.69 Å². The van der Waals surface area contributed by atoms with Crippen molar-refractivity contribution in [2.75, 3.05) is 30.3 Å². The number of amides is 2. The van der Waals surface area contributed by atoms with Crippen molar-refractivity contribution in [3.8, 4) is 5.75 Å². The van der Waals surface area contributed by atoms with Crippen molar-refractivity contribution in [3.63, 3.8) is 0 Å². The van der Waals surface area contributed by atoms with Crippen molar-refractivity contribution >= 4 is 39.1 Å². The van der Waals surface area contributed by atoms with E-state index in [4.69, 9.17) is 16.3 Å². The molecule has 2 aromatic rings. The lowest BCUT2D eigenvalue weighted by Gasteiger charge is -2.29. The summed E-state index contributed by atoms with van der Waals surface area (Å²) in [7, 11) is -3.62. The Bertz CT molecular complexity index is 1140. The first-order chi connectivity index (χ1) is 17.6. The van der Waals surface area contributed by atoms with Gasteiger partial charge < -0.3 is 15.0 Å². The van der Waals surface area contributed by atoms with Gasteiger partial charge in [-0.15, -0.1) is 0 Å². The van der Waals surface area contributed by atoms with Crippen molar-refractivity contribution in [3.05, 3.63) is 59.1 Å². The Morgan fingerprint density at radius 2 is 1.81 bits per heavy atom. The van der Waals surface area contributed by atoms with E-state index in [1.807, 2.05) is 19.9 Å². The van der Waals surface area contributed by atoms with Crippen LogP contribution < -0.4 is 14.4 Å². The molecule has 1 atom stereocenters. The first-order valence-electron chi connectivity index (χ1n) is 12.6. The second-order valence-corrected chi connectivity index (χ2v) is 11.2. The van der Waals surface area contributed by atoms with Gasteiger partial charge in [0.25, 0.3) is 0 Å². The first-order valence-corrected chi connectivity index (χ1v) is 14.8. The molecule has 0 bridgehead atoms. The van der Waals surface area contributed by atoms with E-state index in [0.29, 0.717) is 29.6 Å². The number of nitrogens with zero attached hydrogens (tertiary/aromatic N) is 2. The molecule has 2 amide bonds. The minimum atomic E-state index is -3.62. The summed E-state index contributed by atoms with van der Waals surface area (Å²) in [4.78, 5) is 27.7. The number of hydrogen-bond donors (Lipinski definition) is 1. The Labute approximate surface area is 226 Å². The van der Waals surface area contributed by atoms with E-state index in [0.717, 1.165) is 24.7 Å². The lowest BCUT2D eigenvalue weighted by atomic mass is 10.1. The number of para-hydroxylation sites is 2. The number of carbonyl (C=O) groups is 2. The summed E-state index contributed by atoms with van der Waals surface area (Å²) in [5, 5.41) is 3.43. The average molecular weight is 552 g/mol. The maximum atomic E-state index is 13.4. The van der Waals surface area contributed by atoms with Gasteiger partial charge >= 0.3 is 0 Å². The fourth-order valence-electron chi connectivity index (χ4n) is 3.87. The number of sulfonamides is 1. The van der Waals surface area contributed by atoms with Gasteiger partial charge in [-0.25, -0.2) is 8.42 Å². The van der Waals surface area contributed by atoms with Gasteiger partial charge in [-0.3, -0.25) is 13.9 Å². The summed E-state index contributed by atoms with van der Waals surface area (Å²) in [5.74, 6) is -0.0152. The number of hydrogen-bond acceptors (Lipinski definition) is 5. The molecule has 0 aliphatic heterocycles. The Morgan fingerprint density at radius 3 is 2.46 bits per heavy atom. The smallest absolute Gasteiger partial charge is 0.242 e. The molecule has 0 heterocycles. The molecule has 0 fully saturated rings. The summed E-state index contributed by atoms with van der Waals surface area (Å²) in [6.07, 6.45) is 3.26. The highest BCUT2D eigenvalue weighted by Gasteiger charge is 2.27. The zero-order valence-corrected chi connectivity index (χ0v) is 23.6. The van der Waals surface area contributed by atoms with Gasteiger partial charge in [0.05, 0.1) is 18.6 Å². The quantitative estimate of drug-likeness (QED) is 0.326. The molecule has 2 rings (SSSR count). The fourth-order valence-corrected chi connectivity index (χ4v) is 5.06. The molecule has 0 saturated carbocycles. The molecule has 2 aromatic carbocycles. The predicted molar refractivity (Wildman–Crippen MR) is 148 cm³/mol. The molecule has 0 saturated heterocycles. The molecule has 204 valence electrons. The van der Waals surface area contributed by atoms with Crippen LogP contribution in [0.15, 0.2) is 48.5 Å². The number of nitrogens with one attached hydrogen (secondary N) is 1. The second kappa shape index (κ2) is 14.8. The number of anilines is 1. The van der Waals surface area contributed by atoms with Gasteiger partial charge in [0.2, 0.25) is 21.8 Å². The van der Waals surface area contributed by atoms with Crippen LogP contribution in [0.3, 0.4) is 0 Å². The molecule has 8 nitrogen and oxygen atoms in total. The number of ether oxygens (including phenoxy) is 1. The number of halogens is 1. The number of carbonyl (C=O) groups excluding carboxylic acids is 2. The summed E-state index contributed by atoms with van der Waals surface area (Å²) in [6, 6.07) is 13.4.